The van der Waals surface area contributed by atoms with Crippen LogP contribution in [0.25, 0.3) is 0 Å². The van der Waals surface area contributed by atoms with Crippen molar-refractivity contribution in [2.45, 2.75) is 64.3 Å². The number of dihydropyridines is 1. The van der Waals surface area contributed by atoms with Gasteiger partial charge in [-0.05, 0) is 85.3 Å². The molecule has 38 heavy (non-hydrogen) atoms. The molecule has 2 aliphatic heterocycles. The van der Waals surface area contributed by atoms with Crippen molar-refractivity contribution >= 4 is 0 Å². The molecule has 1 radical (unpaired) electrons. The fourth-order valence-electron chi connectivity index (χ4n) is 3.41. The molecular formula is C28H48N5NiO4+4. The summed E-state index contributed by atoms with van der Waals surface area (Å²) >= 11 is 0. The molecule has 2 unspecified atom stereocenters. The molecule has 0 spiro atoms. The summed E-state index contributed by atoms with van der Waals surface area (Å²) in [7, 11) is 8.35. The van der Waals surface area contributed by atoms with Crippen molar-refractivity contribution in [3.63, 3.8) is 0 Å². The van der Waals surface area contributed by atoms with Crippen LogP contribution < -0.4 is 5.32 Å². The third kappa shape index (κ3) is 10.2. The van der Waals surface area contributed by atoms with Crippen LogP contribution in [0.2, 0.25) is 0 Å². The Hall–Kier alpha value is -2.07. The number of hydroxylamine groups is 2. The van der Waals surface area contributed by atoms with E-state index in [0.29, 0.717) is 12.1 Å². The molecule has 0 aromatic heterocycles. The number of hydrogen-bond acceptors (Lipinski definition) is 8. The summed E-state index contributed by atoms with van der Waals surface area (Å²) in [4.78, 5) is 16.7. The molecule has 0 aliphatic carbocycles. The van der Waals surface area contributed by atoms with Crippen LogP contribution in [0.1, 0.15) is 52.7 Å². The maximum Gasteiger partial charge on any atom is 3.00 e. The maximum atomic E-state index is 12.3. The fourth-order valence-corrected chi connectivity index (χ4v) is 3.41. The van der Waals surface area contributed by atoms with Gasteiger partial charge in [0.2, 0.25) is 0 Å². The van der Waals surface area contributed by atoms with Gasteiger partial charge in [-0.3, -0.25) is 0 Å². The first-order valence-electron chi connectivity index (χ1n) is 12.6. The molecule has 1 aromatic rings. The predicted molar refractivity (Wildman–Crippen MR) is 149 cm³/mol. The van der Waals surface area contributed by atoms with Crippen molar-refractivity contribution in [3.8, 4) is 0 Å². The molecule has 0 saturated carbocycles. The zero-order chi connectivity index (χ0) is 28.4. The number of aliphatic hydroxyl groups is 2. The van der Waals surface area contributed by atoms with Gasteiger partial charge < -0.3 is 25.3 Å². The first-order chi connectivity index (χ1) is 17.1. The van der Waals surface area contributed by atoms with Gasteiger partial charge in [0.15, 0.2) is 11.1 Å². The summed E-state index contributed by atoms with van der Waals surface area (Å²) < 4.78 is 0.860. The van der Waals surface area contributed by atoms with E-state index in [1.54, 1.807) is 19.2 Å². The molecule has 9 nitrogen and oxygen atoms in total. The number of rotatable bonds is 6. The third-order valence-corrected chi connectivity index (χ3v) is 6.62. The second kappa shape index (κ2) is 16.1. The Labute approximate surface area is 239 Å². The Morgan fingerprint density at radius 2 is 1.50 bits per heavy atom. The summed E-state index contributed by atoms with van der Waals surface area (Å²) in [6.45, 7) is 11.3. The average Bonchev–Trinajstić information content (AvgIpc) is 2.95. The number of likely N-dealkylation sites (N-methyl/N-ethyl adjacent to an activating group) is 2. The van der Waals surface area contributed by atoms with Gasteiger partial charge in [0, 0.05) is 25.7 Å². The van der Waals surface area contributed by atoms with Crippen molar-refractivity contribution in [1.82, 2.24) is 20.2 Å². The van der Waals surface area contributed by atoms with Crippen LogP contribution in [-0.4, -0.2) is 93.5 Å². The maximum absolute atomic E-state index is 12.3. The number of allylic oxidation sites excluding steroid dienone is 3. The predicted octanol–water partition coefficient (Wildman–Crippen LogP) is 3.47. The van der Waals surface area contributed by atoms with Gasteiger partial charge in [-0.25, -0.2) is 5.21 Å². The minimum Gasteiger partial charge on any atom is -0.393 e. The molecule has 3 rings (SSSR count). The second-order valence-corrected chi connectivity index (χ2v) is 10.9. The molecule has 4 N–H and O–H groups in total. The van der Waals surface area contributed by atoms with Crippen molar-refractivity contribution in [2.75, 3.05) is 41.3 Å². The van der Waals surface area contributed by atoms with E-state index in [0.717, 1.165) is 28.5 Å². The normalized spacial score (nSPS) is 20.6. The average molecular weight is 577 g/mol. The largest absolute Gasteiger partial charge is 3.00 e. The topological polar surface area (TPSA) is 103 Å². The van der Waals surface area contributed by atoms with Gasteiger partial charge in [-0.2, -0.15) is 0 Å². The van der Waals surface area contributed by atoms with Crippen molar-refractivity contribution in [2.24, 2.45) is 0 Å². The summed E-state index contributed by atoms with van der Waals surface area (Å²) in [6, 6.07) is 9.36. The van der Waals surface area contributed by atoms with Crippen molar-refractivity contribution < 1.29 is 36.7 Å². The molecule has 1 fully saturated rings. The quantitative estimate of drug-likeness (QED) is 0.301. The Bertz CT molecular complexity index is 936. The zero-order valence-corrected chi connectivity index (χ0v) is 25.3. The number of nitroso groups, excluding NO2 is 1. The van der Waals surface area contributed by atoms with Gasteiger partial charge in [0.05, 0.1) is 12.2 Å². The fraction of sp³-hybridized carbons (Fsp3) is 0.571. The summed E-state index contributed by atoms with van der Waals surface area (Å²) in [5.74, 6) is 0.251. The van der Waals surface area contributed by atoms with E-state index < -0.39 is 23.3 Å². The molecule has 2 atom stereocenters. The molecule has 10 heteroatoms. The first kappa shape index (κ1) is 35.9. The van der Waals surface area contributed by atoms with Crippen LogP contribution in [0.3, 0.4) is 0 Å². The summed E-state index contributed by atoms with van der Waals surface area (Å²) in [5, 5.41) is 32.8. The van der Waals surface area contributed by atoms with E-state index in [9.17, 15) is 15.2 Å². The Morgan fingerprint density at radius 3 is 1.87 bits per heavy atom. The SMILES string of the molecule is CC(O)CC(O)c1ccccc1.CC1(C)N(O)C(=C2C=CC=CN2)[N+](=O)C1(C)C.CN(C)CCN(C)C.[Ni+3]. The minimum absolute atomic E-state index is 0. The molecule has 0 bridgehead atoms. The number of hydrogen-bond donors (Lipinski definition) is 4. The number of aliphatic hydroxyl groups excluding tert-OH is 2. The minimum atomic E-state index is -0.708. The number of nitrogens with zero attached hydrogens (tertiary/aromatic N) is 4. The zero-order valence-electron chi connectivity index (χ0n) is 24.3. The Morgan fingerprint density at radius 1 is 0.974 bits per heavy atom. The van der Waals surface area contributed by atoms with Crippen LogP contribution in [0.15, 0.2) is 66.3 Å². The molecule has 2 heterocycles. The van der Waals surface area contributed by atoms with E-state index in [1.165, 1.54) is 0 Å². The van der Waals surface area contributed by atoms with Gasteiger partial charge in [-0.15, -0.1) is 5.06 Å². The Kier molecular flexibility index (Phi) is 15.3. The van der Waals surface area contributed by atoms with Crippen LogP contribution in [0.4, 0.5) is 0 Å². The molecule has 0 amide bonds. The van der Waals surface area contributed by atoms with Gasteiger partial charge >= 0.3 is 22.3 Å². The van der Waals surface area contributed by atoms with Gasteiger partial charge in [0.25, 0.3) is 0 Å². The molecule has 215 valence electrons. The van der Waals surface area contributed by atoms with Crippen LogP contribution in [0.5, 0.6) is 0 Å². The summed E-state index contributed by atoms with van der Waals surface area (Å²) in [5.41, 5.74) is 0.0937. The van der Waals surface area contributed by atoms with Crippen LogP contribution in [-0.2, 0) is 16.5 Å². The standard InChI is InChI=1S/C12H18N3O2.C10H14O2.C6H16N2.Ni/c1-11(2)12(3,4)15(17)10(14(11)16)9-7-5-6-8-13-9;1-8(11)7-10(12)9-5-3-2-4-6-9;1-7(2)5-6-8(3)4;/h5-8,13,16H,1-4H3;2-6,8,10-12H,7H2,1H3;5-6H2,1-4H3;/q+1;;;+3. The molecular weight excluding hydrogens is 529 g/mol. The summed E-state index contributed by atoms with van der Waals surface area (Å²) in [6.07, 6.45) is 6.52. The van der Waals surface area contributed by atoms with E-state index in [1.807, 2.05) is 70.2 Å². The van der Waals surface area contributed by atoms with E-state index in [-0.39, 0.29) is 22.3 Å². The van der Waals surface area contributed by atoms with Gasteiger partial charge in [-0.1, -0.05) is 41.3 Å². The second-order valence-electron chi connectivity index (χ2n) is 10.9. The number of nitrogens with one attached hydrogen (secondary N) is 1. The third-order valence-electron chi connectivity index (χ3n) is 6.62. The molecule has 2 aliphatic rings. The first-order valence-corrected chi connectivity index (χ1v) is 12.6. The van der Waals surface area contributed by atoms with Crippen LogP contribution in [0, 0.1) is 4.91 Å². The monoisotopic (exact) mass is 576 g/mol. The van der Waals surface area contributed by atoms with E-state index in [2.05, 4.69) is 43.3 Å². The van der Waals surface area contributed by atoms with E-state index in [4.69, 9.17) is 5.11 Å². The van der Waals surface area contributed by atoms with Gasteiger partial charge in [0.1, 0.15) is 5.70 Å². The van der Waals surface area contributed by atoms with Crippen LogP contribution >= 0.6 is 0 Å². The van der Waals surface area contributed by atoms with E-state index >= 15 is 0 Å². The molecule has 1 saturated heterocycles. The molecule has 1 aromatic carbocycles. The Balaban J connectivity index is 0.000000574. The van der Waals surface area contributed by atoms with Crippen molar-refractivity contribution in [3.05, 3.63) is 76.7 Å². The smallest absolute Gasteiger partial charge is 0.393 e. The van der Waals surface area contributed by atoms with Crippen molar-refractivity contribution in [1.29, 1.82) is 0 Å². The number of benzene rings is 1.